The second-order valence-corrected chi connectivity index (χ2v) is 5.94. The van der Waals surface area contributed by atoms with E-state index in [1.165, 1.54) is 12.0 Å². The lowest BCUT2D eigenvalue weighted by molar-refractivity contribution is 0.0594. The fourth-order valence-corrected chi connectivity index (χ4v) is 3.29. The van der Waals surface area contributed by atoms with Crippen molar-refractivity contribution in [3.63, 3.8) is 0 Å². The van der Waals surface area contributed by atoms with Gasteiger partial charge in [0.15, 0.2) is 5.69 Å². The zero-order valence-corrected chi connectivity index (χ0v) is 11.8. The van der Waals surface area contributed by atoms with Crippen LogP contribution >= 0.6 is 23.1 Å². The minimum absolute atomic E-state index is 0.361. The molecule has 0 N–H and O–H groups in total. The van der Waals surface area contributed by atoms with E-state index < -0.39 is 0 Å². The largest absolute Gasteiger partial charge is 0.464 e. The van der Waals surface area contributed by atoms with Gasteiger partial charge in [0.05, 0.1) is 12.9 Å². The van der Waals surface area contributed by atoms with Gasteiger partial charge >= 0.3 is 5.97 Å². The van der Waals surface area contributed by atoms with Crippen molar-refractivity contribution in [2.24, 2.45) is 0 Å². The average Bonchev–Trinajstić information content (AvgIpc) is 2.78. The molecule has 2 rings (SSSR count). The van der Waals surface area contributed by atoms with Crippen LogP contribution in [0.15, 0.2) is 35.2 Å². The molecule has 0 spiro atoms. The summed E-state index contributed by atoms with van der Waals surface area (Å²) >= 11 is 3.26. The van der Waals surface area contributed by atoms with Crippen molar-refractivity contribution >= 4 is 29.1 Å². The van der Waals surface area contributed by atoms with Crippen LogP contribution in [0.4, 0.5) is 0 Å². The Morgan fingerprint density at radius 3 is 2.78 bits per heavy atom. The maximum atomic E-state index is 11.4. The predicted molar refractivity (Wildman–Crippen MR) is 74.2 cm³/mol. The lowest BCUT2D eigenvalue weighted by Gasteiger charge is -1.97. The first-order valence-corrected chi connectivity index (χ1v) is 7.23. The molecule has 18 heavy (non-hydrogen) atoms. The number of carbonyl (C=O) groups excluding carboxylic acids is 1. The minimum atomic E-state index is -0.361. The molecule has 0 bridgehead atoms. The van der Waals surface area contributed by atoms with Gasteiger partial charge in [0, 0.05) is 9.77 Å². The number of thiazole rings is 1. The summed E-state index contributed by atoms with van der Waals surface area (Å²) in [5.41, 5.74) is 0.436. The molecule has 5 heteroatoms. The highest BCUT2D eigenvalue weighted by Gasteiger charge is 2.15. The standard InChI is InChI=1S/C13H13NO2S2/c1-9-12(13(15)16-2)14-11(18-9)8-17-10-6-4-3-5-7-10/h3-7H,8H2,1-2H3. The molecule has 0 aliphatic carbocycles. The predicted octanol–water partition coefficient (Wildman–Crippen LogP) is 3.53. The number of rotatable bonds is 4. The molecule has 1 heterocycles. The molecule has 94 valence electrons. The van der Waals surface area contributed by atoms with Gasteiger partial charge in [-0.25, -0.2) is 9.78 Å². The first-order chi connectivity index (χ1) is 8.70. The van der Waals surface area contributed by atoms with E-state index in [1.54, 1.807) is 23.1 Å². The van der Waals surface area contributed by atoms with Gasteiger partial charge in [-0.2, -0.15) is 0 Å². The van der Waals surface area contributed by atoms with Crippen LogP contribution in [-0.2, 0) is 10.5 Å². The molecule has 0 aliphatic heterocycles. The molecular formula is C13H13NO2S2. The highest BCUT2D eigenvalue weighted by molar-refractivity contribution is 7.98. The topological polar surface area (TPSA) is 39.2 Å². The van der Waals surface area contributed by atoms with Crippen LogP contribution < -0.4 is 0 Å². The van der Waals surface area contributed by atoms with Gasteiger partial charge in [-0.1, -0.05) is 18.2 Å². The van der Waals surface area contributed by atoms with Gasteiger partial charge in [0.1, 0.15) is 5.01 Å². The highest BCUT2D eigenvalue weighted by Crippen LogP contribution is 2.26. The Kier molecular flexibility index (Phi) is 4.38. The van der Waals surface area contributed by atoms with Crippen LogP contribution in [0, 0.1) is 6.92 Å². The summed E-state index contributed by atoms with van der Waals surface area (Å²) in [6, 6.07) is 10.1. The summed E-state index contributed by atoms with van der Waals surface area (Å²) in [5.74, 6) is 0.409. The SMILES string of the molecule is COC(=O)c1nc(CSc2ccccc2)sc1C. The normalized spacial score (nSPS) is 10.3. The van der Waals surface area contributed by atoms with Gasteiger partial charge in [-0.05, 0) is 19.1 Å². The van der Waals surface area contributed by atoms with Gasteiger partial charge in [0.25, 0.3) is 0 Å². The number of aromatic nitrogens is 1. The van der Waals surface area contributed by atoms with Crippen molar-refractivity contribution in [2.75, 3.05) is 7.11 Å². The number of nitrogens with zero attached hydrogens (tertiary/aromatic N) is 1. The van der Waals surface area contributed by atoms with Crippen LogP contribution in [0.2, 0.25) is 0 Å². The summed E-state index contributed by atoms with van der Waals surface area (Å²) in [5, 5.41) is 0.946. The number of carbonyl (C=O) groups is 1. The number of ether oxygens (including phenoxy) is 1. The monoisotopic (exact) mass is 279 g/mol. The Hall–Kier alpha value is -1.33. The van der Waals surface area contributed by atoms with Crippen LogP contribution in [0.1, 0.15) is 20.4 Å². The maximum Gasteiger partial charge on any atom is 0.357 e. The van der Waals surface area contributed by atoms with Crippen molar-refractivity contribution in [3.8, 4) is 0 Å². The van der Waals surface area contributed by atoms with Crippen LogP contribution in [0.5, 0.6) is 0 Å². The van der Waals surface area contributed by atoms with Crippen molar-refractivity contribution in [1.29, 1.82) is 0 Å². The number of thioether (sulfide) groups is 1. The number of esters is 1. The molecule has 0 fully saturated rings. The van der Waals surface area contributed by atoms with E-state index in [0.29, 0.717) is 5.69 Å². The lowest BCUT2D eigenvalue weighted by Crippen LogP contribution is -2.03. The van der Waals surface area contributed by atoms with E-state index in [4.69, 9.17) is 4.74 Å². The Bertz CT molecular complexity index is 537. The average molecular weight is 279 g/mol. The highest BCUT2D eigenvalue weighted by atomic mass is 32.2. The third-order valence-electron chi connectivity index (χ3n) is 2.33. The number of hydrogen-bond acceptors (Lipinski definition) is 5. The van der Waals surface area contributed by atoms with Gasteiger partial charge in [0.2, 0.25) is 0 Å². The maximum absolute atomic E-state index is 11.4. The molecular weight excluding hydrogens is 266 g/mol. The quantitative estimate of drug-likeness (QED) is 0.634. The van der Waals surface area contributed by atoms with E-state index in [9.17, 15) is 4.79 Å². The van der Waals surface area contributed by atoms with Gasteiger partial charge < -0.3 is 4.74 Å². The van der Waals surface area contributed by atoms with Crippen LogP contribution in [0.25, 0.3) is 0 Å². The van der Waals surface area contributed by atoms with E-state index in [1.807, 2.05) is 25.1 Å². The van der Waals surface area contributed by atoms with Gasteiger partial charge in [-0.3, -0.25) is 0 Å². The number of aryl methyl sites for hydroxylation is 1. The second kappa shape index (κ2) is 6.02. The zero-order valence-electron chi connectivity index (χ0n) is 10.2. The van der Waals surface area contributed by atoms with E-state index in [-0.39, 0.29) is 5.97 Å². The molecule has 3 nitrogen and oxygen atoms in total. The van der Waals surface area contributed by atoms with Crippen LogP contribution in [0.3, 0.4) is 0 Å². The molecule has 0 radical (unpaired) electrons. The Balaban J connectivity index is 2.05. The fourth-order valence-electron chi connectivity index (χ4n) is 1.46. The van der Waals surface area contributed by atoms with Crippen LogP contribution in [-0.4, -0.2) is 18.1 Å². The zero-order chi connectivity index (χ0) is 13.0. The molecule has 0 atom stereocenters. The molecule has 0 unspecified atom stereocenters. The molecule has 0 amide bonds. The molecule has 1 aromatic carbocycles. The van der Waals surface area contributed by atoms with Crippen molar-refractivity contribution in [2.45, 2.75) is 17.6 Å². The van der Waals surface area contributed by atoms with Crippen molar-refractivity contribution in [1.82, 2.24) is 4.98 Å². The van der Waals surface area contributed by atoms with Crippen molar-refractivity contribution < 1.29 is 9.53 Å². The third-order valence-corrected chi connectivity index (χ3v) is 4.50. The number of hydrogen-bond donors (Lipinski definition) is 0. The Morgan fingerprint density at radius 2 is 2.11 bits per heavy atom. The van der Waals surface area contributed by atoms with Crippen molar-refractivity contribution in [3.05, 3.63) is 45.9 Å². The minimum Gasteiger partial charge on any atom is -0.464 e. The Labute approximate surface area is 114 Å². The summed E-state index contributed by atoms with van der Waals surface area (Å²) in [6.45, 7) is 1.89. The first-order valence-electron chi connectivity index (χ1n) is 5.43. The Morgan fingerprint density at radius 1 is 1.39 bits per heavy atom. The summed E-state index contributed by atoms with van der Waals surface area (Å²) in [6.07, 6.45) is 0. The third kappa shape index (κ3) is 3.11. The van der Waals surface area contributed by atoms with E-state index in [2.05, 4.69) is 17.1 Å². The summed E-state index contributed by atoms with van der Waals surface area (Å²) < 4.78 is 4.69. The van der Waals surface area contributed by atoms with E-state index >= 15 is 0 Å². The fraction of sp³-hybridized carbons (Fsp3) is 0.231. The summed E-state index contributed by atoms with van der Waals surface area (Å²) in [7, 11) is 1.37. The van der Waals surface area contributed by atoms with E-state index in [0.717, 1.165) is 15.6 Å². The smallest absolute Gasteiger partial charge is 0.357 e. The second-order valence-electron chi connectivity index (χ2n) is 3.61. The first kappa shape index (κ1) is 13.1. The molecule has 0 saturated heterocycles. The van der Waals surface area contributed by atoms with Gasteiger partial charge in [-0.15, -0.1) is 23.1 Å². The molecule has 0 saturated carbocycles. The summed E-state index contributed by atoms with van der Waals surface area (Å²) in [4.78, 5) is 17.9. The lowest BCUT2D eigenvalue weighted by atomic mass is 10.4. The molecule has 0 aliphatic rings. The number of methoxy groups -OCH3 is 1. The number of benzene rings is 1. The molecule has 2 aromatic rings. The molecule has 1 aromatic heterocycles.